The number of nitrogens with zero attached hydrogens (tertiary/aromatic N) is 1. The van der Waals surface area contributed by atoms with Gasteiger partial charge < -0.3 is 10.3 Å². The second-order valence-electron chi connectivity index (χ2n) is 4.09. The third-order valence-electron chi connectivity index (χ3n) is 2.59. The van der Waals surface area contributed by atoms with Crippen molar-refractivity contribution in [3.63, 3.8) is 0 Å². The predicted octanol–water partition coefficient (Wildman–Crippen LogP) is 3.06. The summed E-state index contributed by atoms with van der Waals surface area (Å²) in [5.74, 6) is 0.595. The van der Waals surface area contributed by atoms with Crippen molar-refractivity contribution < 1.29 is 4.79 Å². The molecule has 1 aromatic carbocycles. The fraction of sp³-hybridized carbons (Fsp3) is 0.143. The Morgan fingerprint density at radius 2 is 2.16 bits per heavy atom. The lowest BCUT2D eigenvalue weighted by Gasteiger charge is -2.08. The van der Waals surface area contributed by atoms with Crippen LogP contribution in [0.5, 0.6) is 0 Å². The van der Waals surface area contributed by atoms with E-state index in [1.165, 1.54) is 6.08 Å². The van der Waals surface area contributed by atoms with Crippen molar-refractivity contribution in [2.24, 2.45) is 0 Å². The average molecular weight is 320 g/mol. The topological polar surface area (TPSA) is 57.8 Å². The van der Waals surface area contributed by atoms with Crippen molar-refractivity contribution in [1.29, 1.82) is 0 Å². The Balaban J connectivity index is 1.92. The molecule has 1 atom stereocenters. The molecule has 1 heterocycles. The van der Waals surface area contributed by atoms with E-state index in [0.717, 1.165) is 15.9 Å². The van der Waals surface area contributed by atoms with Crippen molar-refractivity contribution in [3.05, 3.63) is 58.6 Å². The summed E-state index contributed by atoms with van der Waals surface area (Å²) in [6.45, 7) is 1.88. The maximum absolute atomic E-state index is 11.7. The van der Waals surface area contributed by atoms with Gasteiger partial charge in [-0.1, -0.05) is 28.1 Å². The molecule has 0 aliphatic heterocycles. The van der Waals surface area contributed by atoms with E-state index in [4.69, 9.17) is 0 Å². The van der Waals surface area contributed by atoms with E-state index in [0.29, 0.717) is 0 Å². The highest BCUT2D eigenvalue weighted by Gasteiger charge is 2.08. The summed E-state index contributed by atoms with van der Waals surface area (Å²) in [5.41, 5.74) is 0.976. The maximum atomic E-state index is 11.7. The third-order valence-corrected chi connectivity index (χ3v) is 3.11. The van der Waals surface area contributed by atoms with Crippen LogP contribution in [0.4, 0.5) is 0 Å². The van der Waals surface area contributed by atoms with Crippen molar-refractivity contribution >= 4 is 27.9 Å². The summed E-state index contributed by atoms with van der Waals surface area (Å²) in [6.07, 6.45) is 6.69. The number of amides is 1. The van der Waals surface area contributed by atoms with Crippen molar-refractivity contribution in [1.82, 2.24) is 15.3 Å². The Kier molecular flexibility index (Phi) is 4.52. The predicted molar refractivity (Wildman–Crippen MR) is 78.3 cm³/mol. The monoisotopic (exact) mass is 319 g/mol. The molecular weight excluding hydrogens is 306 g/mol. The van der Waals surface area contributed by atoms with E-state index >= 15 is 0 Å². The number of hydrogen-bond donors (Lipinski definition) is 2. The van der Waals surface area contributed by atoms with Gasteiger partial charge in [0.1, 0.15) is 5.82 Å². The van der Waals surface area contributed by atoms with Gasteiger partial charge in [-0.3, -0.25) is 4.79 Å². The summed E-state index contributed by atoms with van der Waals surface area (Å²) < 4.78 is 1.01. The molecule has 0 saturated heterocycles. The molecule has 0 aliphatic carbocycles. The quantitative estimate of drug-likeness (QED) is 0.851. The van der Waals surface area contributed by atoms with Crippen molar-refractivity contribution in [2.45, 2.75) is 13.0 Å². The first-order valence-electron chi connectivity index (χ1n) is 5.88. The van der Waals surface area contributed by atoms with Crippen LogP contribution in [0.15, 0.2) is 47.2 Å². The third kappa shape index (κ3) is 4.06. The average Bonchev–Trinajstić information content (AvgIpc) is 2.92. The van der Waals surface area contributed by atoms with Crippen LogP contribution in [-0.4, -0.2) is 15.9 Å². The zero-order valence-corrected chi connectivity index (χ0v) is 12.0. The highest BCUT2D eigenvalue weighted by Crippen LogP contribution is 2.11. The lowest BCUT2D eigenvalue weighted by Crippen LogP contribution is -2.25. The summed E-state index contributed by atoms with van der Waals surface area (Å²) in [6, 6.07) is 7.59. The largest absolute Gasteiger partial charge is 0.347 e. The fourth-order valence-corrected chi connectivity index (χ4v) is 1.85. The molecule has 19 heavy (non-hydrogen) atoms. The summed E-state index contributed by atoms with van der Waals surface area (Å²) >= 11 is 3.37. The van der Waals surface area contributed by atoms with Gasteiger partial charge in [-0.2, -0.15) is 0 Å². The van der Waals surface area contributed by atoms with Crippen LogP contribution in [0.3, 0.4) is 0 Å². The minimum atomic E-state index is -0.146. The number of benzene rings is 1. The highest BCUT2D eigenvalue weighted by molar-refractivity contribution is 9.10. The number of aromatic amines is 1. The molecule has 1 aromatic heterocycles. The number of hydrogen-bond acceptors (Lipinski definition) is 2. The van der Waals surface area contributed by atoms with Gasteiger partial charge >= 0.3 is 0 Å². The van der Waals surface area contributed by atoms with Gasteiger partial charge in [-0.15, -0.1) is 0 Å². The Hall–Kier alpha value is -1.88. The second kappa shape index (κ2) is 6.33. The maximum Gasteiger partial charge on any atom is 0.244 e. The first kappa shape index (κ1) is 13.5. The van der Waals surface area contributed by atoms with E-state index in [1.54, 1.807) is 18.5 Å². The number of carbonyl (C=O) groups excluding carboxylic acids is 1. The normalized spacial score (nSPS) is 12.5. The van der Waals surface area contributed by atoms with Crippen molar-refractivity contribution in [2.75, 3.05) is 0 Å². The van der Waals surface area contributed by atoms with E-state index in [1.807, 2.05) is 31.2 Å². The van der Waals surface area contributed by atoms with E-state index in [2.05, 4.69) is 31.2 Å². The van der Waals surface area contributed by atoms with Gasteiger partial charge in [-0.25, -0.2) is 4.98 Å². The van der Waals surface area contributed by atoms with Crippen molar-refractivity contribution in [3.8, 4) is 0 Å². The zero-order valence-electron chi connectivity index (χ0n) is 10.4. The second-order valence-corrected chi connectivity index (χ2v) is 5.01. The molecule has 1 unspecified atom stereocenters. The summed E-state index contributed by atoms with van der Waals surface area (Å²) in [5, 5.41) is 2.84. The lowest BCUT2D eigenvalue weighted by molar-refractivity contribution is -0.117. The first-order chi connectivity index (χ1) is 9.15. The highest BCUT2D eigenvalue weighted by atomic mass is 79.9. The molecule has 2 N–H and O–H groups in total. The molecule has 0 fully saturated rings. The molecule has 4 nitrogen and oxygen atoms in total. The standard InChI is InChI=1S/C14H14BrN3O/c1-10(14-16-8-9-17-14)18-13(19)7-4-11-2-5-12(15)6-3-11/h2-10H,1H3,(H,16,17)(H,18,19)/b7-4+. The smallest absolute Gasteiger partial charge is 0.244 e. The van der Waals surface area contributed by atoms with Crippen LogP contribution in [0.1, 0.15) is 24.4 Å². The van der Waals surface area contributed by atoms with Gasteiger partial charge in [0.25, 0.3) is 0 Å². The van der Waals surface area contributed by atoms with Crippen LogP contribution in [0.2, 0.25) is 0 Å². The number of carbonyl (C=O) groups is 1. The van der Waals surface area contributed by atoms with Gasteiger partial charge in [0.15, 0.2) is 0 Å². The van der Waals surface area contributed by atoms with E-state index in [-0.39, 0.29) is 11.9 Å². The molecule has 98 valence electrons. The summed E-state index contributed by atoms with van der Waals surface area (Å²) in [7, 11) is 0. The Labute approximate surface area is 120 Å². The van der Waals surface area contributed by atoms with Crippen LogP contribution in [0, 0.1) is 0 Å². The molecule has 0 spiro atoms. The number of nitrogens with one attached hydrogen (secondary N) is 2. The number of aromatic nitrogens is 2. The van der Waals surface area contributed by atoms with E-state index in [9.17, 15) is 4.79 Å². The zero-order chi connectivity index (χ0) is 13.7. The van der Waals surface area contributed by atoms with Crippen LogP contribution in [0.25, 0.3) is 6.08 Å². The van der Waals surface area contributed by atoms with Gasteiger partial charge in [0.05, 0.1) is 6.04 Å². The Morgan fingerprint density at radius 3 is 2.79 bits per heavy atom. The van der Waals surface area contributed by atoms with Gasteiger partial charge in [0, 0.05) is 22.9 Å². The molecular formula is C14H14BrN3O. The van der Waals surface area contributed by atoms with Crippen LogP contribution in [-0.2, 0) is 4.79 Å². The van der Waals surface area contributed by atoms with Gasteiger partial charge in [0.2, 0.25) is 5.91 Å². The molecule has 2 rings (SSSR count). The Bertz CT molecular complexity index is 561. The minimum Gasteiger partial charge on any atom is -0.347 e. The fourth-order valence-electron chi connectivity index (χ4n) is 1.59. The van der Waals surface area contributed by atoms with Crippen LogP contribution < -0.4 is 5.32 Å². The SMILES string of the molecule is CC(NC(=O)/C=C/c1ccc(Br)cc1)c1ncc[nH]1. The van der Waals surface area contributed by atoms with Gasteiger partial charge in [-0.05, 0) is 30.7 Å². The number of imidazole rings is 1. The molecule has 0 radical (unpaired) electrons. The minimum absolute atomic E-state index is 0.142. The lowest BCUT2D eigenvalue weighted by atomic mass is 10.2. The number of H-pyrrole nitrogens is 1. The number of rotatable bonds is 4. The summed E-state index contributed by atoms with van der Waals surface area (Å²) in [4.78, 5) is 18.8. The molecule has 5 heteroatoms. The molecule has 0 bridgehead atoms. The molecule has 1 amide bonds. The molecule has 0 saturated carbocycles. The Morgan fingerprint density at radius 1 is 1.42 bits per heavy atom. The van der Waals surface area contributed by atoms with Crippen LogP contribution >= 0.6 is 15.9 Å². The molecule has 2 aromatic rings. The number of halogens is 1. The first-order valence-corrected chi connectivity index (χ1v) is 6.68. The van der Waals surface area contributed by atoms with E-state index < -0.39 is 0 Å². The molecule has 0 aliphatic rings.